The molecule has 0 aliphatic rings. The molecular formula is C13H14N6. The fourth-order valence-electron chi connectivity index (χ4n) is 1.90. The normalized spacial score (nSPS) is 10.6. The maximum absolute atomic E-state index is 4.33. The number of aromatic nitrogens is 5. The molecule has 6 heteroatoms. The molecule has 0 amide bonds. The van der Waals surface area contributed by atoms with Crippen LogP contribution in [0.15, 0.2) is 49.3 Å². The molecule has 0 aromatic carbocycles. The number of hydrogen-bond acceptors (Lipinski definition) is 4. The van der Waals surface area contributed by atoms with E-state index >= 15 is 0 Å². The van der Waals surface area contributed by atoms with E-state index in [4.69, 9.17) is 0 Å². The van der Waals surface area contributed by atoms with Gasteiger partial charge in [-0.15, -0.1) is 0 Å². The molecule has 0 bridgehead atoms. The Morgan fingerprint density at radius 1 is 1.26 bits per heavy atom. The van der Waals surface area contributed by atoms with Gasteiger partial charge in [0.05, 0.1) is 12.2 Å². The van der Waals surface area contributed by atoms with Gasteiger partial charge >= 0.3 is 0 Å². The van der Waals surface area contributed by atoms with Crippen LogP contribution in [0.5, 0.6) is 0 Å². The van der Waals surface area contributed by atoms with E-state index in [1.54, 1.807) is 17.2 Å². The summed E-state index contributed by atoms with van der Waals surface area (Å²) in [5.74, 6) is 0.745. The van der Waals surface area contributed by atoms with Crippen LogP contribution < -0.4 is 5.32 Å². The lowest BCUT2D eigenvalue weighted by molar-refractivity contribution is 0.828. The topological polar surface area (TPSA) is 60.6 Å². The van der Waals surface area contributed by atoms with Crippen molar-refractivity contribution in [3.63, 3.8) is 0 Å². The Bertz CT molecular complexity index is 655. The van der Waals surface area contributed by atoms with Gasteiger partial charge < -0.3 is 9.88 Å². The van der Waals surface area contributed by atoms with Crippen LogP contribution >= 0.6 is 0 Å². The summed E-state index contributed by atoms with van der Waals surface area (Å²) in [7, 11) is 2.03. The molecule has 3 rings (SSSR count). The van der Waals surface area contributed by atoms with Gasteiger partial charge in [0.15, 0.2) is 5.82 Å². The summed E-state index contributed by atoms with van der Waals surface area (Å²) in [4.78, 5) is 8.28. The van der Waals surface area contributed by atoms with Crippen molar-refractivity contribution in [1.29, 1.82) is 0 Å². The van der Waals surface area contributed by atoms with Gasteiger partial charge in [0.1, 0.15) is 12.7 Å². The van der Waals surface area contributed by atoms with Crippen molar-refractivity contribution in [1.82, 2.24) is 24.3 Å². The van der Waals surface area contributed by atoms with Gasteiger partial charge in [-0.05, 0) is 24.3 Å². The third kappa shape index (κ3) is 2.33. The number of nitrogens with one attached hydrogen (secondary N) is 1. The van der Waals surface area contributed by atoms with E-state index in [-0.39, 0.29) is 0 Å². The molecule has 1 N–H and O–H groups in total. The molecule has 0 saturated carbocycles. The van der Waals surface area contributed by atoms with E-state index in [2.05, 4.69) is 31.0 Å². The zero-order valence-corrected chi connectivity index (χ0v) is 10.6. The summed E-state index contributed by atoms with van der Waals surface area (Å²) in [6, 6.07) is 7.98. The van der Waals surface area contributed by atoms with Gasteiger partial charge in [-0.2, -0.15) is 5.10 Å². The van der Waals surface area contributed by atoms with E-state index in [0.717, 1.165) is 18.1 Å². The Morgan fingerprint density at radius 3 is 2.95 bits per heavy atom. The standard InChI is InChI=1S/C13H14N6/c1-18-7-3-4-11(18)8-16-12-5-2-6-15-13(12)19-10-14-9-17-19/h2-7,9-10,16H,8H2,1H3. The number of anilines is 1. The van der Waals surface area contributed by atoms with Crippen molar-refractivity contribution in [3.05, 3.63) is 55.0 Å². The van der Waals surface area contributed by atoms with Crippen LogP contribution in [0.2, 0.25) is 0 Å². The summed E-state index contributed by atoms with van der Waals surface area (Å²) < 4.78 is 3.73. The second kappa shape index (κ2) is 4.93. The van der Waals surface area contributed by atoms with Crippen molar-refractivity contribution in [2.75, 3.05) is 5.32 Å². The Kier molecular flexibility index (Phi) is 2.97. The van der Waals surface area contributed by atoms with Crippen molar-refractivity contribution < 1.29 is 0 Å². The Morgan fingerprint density at radius 2 is 2.21 bits per heavy atom. The van der Waals surface area contributed by atoms with Crippen LogP contribution in [0.4, 0.5) is 5.69 Å². The molecule has 0 unspecified atom stereocenters. The lowest BCUT2D eigenvalue weighted by Crippen LogP contribution is -2.08. The molecule has 0 spiro atoms. The van der Waals surface area contributed by atoms with E-state index in [1.807, 2.05) is 31.4 Å². The van der Waals surface area contributed by atoms with E-state index in [9.17, 15) is 0 Å². The molecule has 6 nitrogen and oxygen atoms in total. The lowest BCUT2D eigenvalue weighted by Gasteiger charge is -2.11. The van der Waals surface area contributed by atoms with Gasteiger partial charge in [-0.3, -0.25) is 0 Å². The molecule has 3 heterocycles. The zero-order valence-electron chi connectivity index (χ0n) is 10.6. The minimum atomic E-state index is 0.733. The summed E-state index contributed by atoms with van der Waals surface area (Å²) in [5, 5.41) is 7.48. The molecule has 0 aliphatic heterocycles. The predicted molar refractivity (Wildman–Crippen MR) is 71.9 cm³/mol. The highest BCUT2D eigenvalue weighted by Gasteiger charge is 2.06. The van der Waals surface area contributed by atoms with Crippen LogP contribution in [0, 0.1) is 0 Å². The summed E-state index contributed by atoms with van der Waals surface area (Å²) in [5.41, 5.74) is 2.13. The molecule has 3 aromatic rings. The first-order valence-electron chi connectivity index (χ1n) is 5.99. The average molecular weight is 254 g/mol. The average Bonchev–Trinajstić information content (AvgIpc) is 3.08. The van der Waals surface area contributed by atoms with Crippen molar-refractivity contribution in [2.45, 2.75) is 6.54 Å². The molecule has 0 fully saturated rings. The van der Waals surface area contributed by atoms with Crippen molar-refractivity contribution in [2.24, 2.45) is 7.05 Å². The predicted octanol–water partition coefficient (Wildman–Crippen LogP) is 1.61. The fourth-order valence-corrected chi connectivity index (χ4v) is 1.90. The smallest absolute Gasteiger partial charge is 0.178 e. The van der Waals surface area contributed by atoms with Crippen LogP contribution in [-0.4, -0.2) is 24.3 Å². The minimum Gasteiger partial charge on any atom is -0.376 e. The van der Waals surface area contributed by atoms with Gasteiger partial charge in [-0.25, -0.2) is 14.6 Å². The number of rotatable bonds is 4. The maximum atomic E-state index is 4.33. The van der Waals surface area contributed by atoms with Crippen LogP contribution in [-0.2, 0) is 13.6 Å². The highest BCUT2D eigenvalue weighted by Crippen LogP contribution is 2.16. The molecular weight excluding hydrogens is 240 g/mol. The molecule has 3 aromatic heterocycles. The summed E-state index contributed by atoms with van der Waals surface area (Å²) >= 11 is 0. The molecule has 19 heavy (non-hydrogen) atoms. The van der Waals surface area contributed by atoms with Gasteiger partial charge in [-0.1, -0.05) is 0 Å². The van der Waals surface area contributed by atoms with Crippen LogP contribution in [0.1, 0.15) is 5.69 Å². The Labute approximate surface area is 110 Å². The van der Waals surface area contributed by atoms with Crippen molar-refractivity contribution in [3.8, 4) is 5.82 Å². The quantitative estimate of drug-likeness (QED) is 0.768. The van der Waals surface area contributed by atoms with Crippen LogP contribution in [0.25, 0.3) is 5.82 Å². The SMILES string of the molecule is Cn1cccc1CNc1cccnc1-n1cncn1. The first kappa shape index (κ1) is 11.5. The fraction of sp³-hybridized carbons (Fsp3) is 0.154. The number of nitrogens with zero attached hydrogens (tertiary/aromatic N) is 5. The molecule has 0 radical (unpaired) electrons. The number of aryl methyl sites for hydroxylation is 1. The molecule has 96 valence electrons. The van der Waals surface area contributed by atoms with E-state index in [0.29, 0.717) is 0 Å². The third-order valence-corrected chi connectivity index (χ3v) is 2.93. The lowest BCUT2D eigenvalue weighted by atomic mass is 10.3. The molecule has 0 aliphatic carbocycles. The zero-order chi connectivity index (χ0) is 13.1. The molecule has 0 atom stereocenters. The first-order valence-corrected chi connectivity index (χ1v) is 5.99. The summed E-state index contributed by atoms with van der Waals surface area (Å²) in [6.45, 7) is 0.733. The molecule has 0 saturated heterocycles. The second-order valence-electron chi connectivity index (χ2n) is 4.18. The van der Waals surface area contributed by atoms with E-state index < -0.39 is 0 Å². The maximum Gasteiger partial charge on any atom is 0.178 e. The first-order chi connectivity index (χ1) is 9.34. The second-order valence-corrected chi connectivity index (χ2v) is 4.18. The Hall–Kier alpha value is -2.63. The van der Waals surface area contributed by atoms with Gasteiger partial charge in [0.25, 0.3) is 0 Å². The summed E-state index contributed by atoms with van der Waals surface area (Å²) in [6.07, 6.45) is 6.90. The van der Waals surface area contributed by atoms with Crippen molar-refractivity contribution >= 4 is 5.69 Å². The largest absolute Gasteiger partial charge is 0.376 e. The Balaban J connectivity index is 1.84. The number of hydrogen-bond donors (Lipinski definition) is 1. The van der Waals surface area contributed by atoms with Crippen LogP contribution in [0.3, 0.4) is 0 Å². The van der Waals surface area contributed by atoms with Gasteiger partial charge in [0.2, 0.25) is 0 Å². The van der Waals surface area contributed by atoms with Gasteiger partial charge in [0, 0.05) is 25.1 Å². The number of pyridine rings is 1. The monoisotopic (exact) mass is 254 g/mol. The highest BCUT2D eigenvalue weighted by molar-refractivity contribution is 5.56. The minimum absolute atomic E-state index is 0.733. The third-order valence-electron chi connectivity index (χ3n) is 2.93. The highest BCUT2D eigenvalue weighted by atomic mass is 15.3. The van der Waals surface area contributed by atoms with E-state index in [1.165, 1.54) is 12.0 Å².